The van der Waals surface area contributed by atoms with Crippen LogP contribution in [-0.4, -0.2) is 40.5 Å². The van der Waals surface area contributed by atoms with Gasteiger partial charge in [-0.2, -0.15) is 0 Å². The first-order chi connectivity index (χ1) is 8.27. The zero-order valence-electron chi connectivity index (χ0n) is 10.2. The molecule has 17 heavy (non-hydrogen) atoms. The van der Waals surface area contributed by atoms with E-state index in [4.69, 9.17) is 11.6 Å². The molecule has 0 saturated carbocycles. The van der Waals surface area contributed by atoms with Crippen molar-refractivity contribution in [1.82, 2.24) is 14.9 Å². The molecular weight excluding hydrogens is 236 g/mol. The molecule has 4 nitrogen and oxygen atoms in total. The summed E-state index contributed by atoms with van der Waals surface area (Å²) in [6.45, 7) is 5.53. The second kappa shape index (κ2) is 6.17. The van der Waals surface area contributed by atoms with Gasteiger partial charge < -0.3 is 5.32 Å². The highest BCUT2D eigenvalue weighted by Gasteiger charge is 2.16. The van der Waals surface area contributed by atoms with Gasteiger partial charge in [-0.05, 0) is 32.9 Å². The van der Waals surface area contributed by atoms with Crippen LogP contribution in [-0.2, 0) is 0 Å². The maximum Gasteiger partial charge on any atom is 0.148 e. The van der Waals surface area contributed by atoms with Gasteiger partial charge in [0.05, 0.1) is 6.20 Å². The number of hydrogen-bond acceptors (Lipinski definition) is 4. The first kappa shape index (κ1) is 12.6. The molecule has 1 N–H and O–H groups in total. The minimum Gasteiger partial charge on any atom is -0.367 e. The Kier molecular flexibility index (Phi) is 4.57. The maximum atomic E-state index is 5.99. The molecule has 0 aromatic carbocycles. The number of nitrogens with one attached hydrogen (secondary N) is 1. The second-order valence-electron chi connectivity index (χ2n) is 4.55. The minimum atomic E-state index is 0.515. The molecule has 1 unspecified atom stereocenters. The molecule has 1 aliphatic rings. The Hall–Kier alpha value is -0.870. The predicted octanol–water partition coefficient (Wildman–Crippen LogP) is 2.42. The zero-order chi connectivity index (χ0) is 12.1. The quantitative estimate of drug-likeness (QED) is 0.896. The van der Waals surface area contributed by atoms with Crippen molar-refractivity contribution in [3.8, 4) is 0 Å². The summed E-state index contributed by atoms with van der Waals surface area (Å²) in [4.78, 5) is 10.5. The number of rotatable bonds is 4. The fraction of sp³-hybridized carbons (Fsp3) is 0.667. The number of halogens is 1. The number of aromatic nitrogens is 2. The van der Waals surface area contributed by atoms with Crippen molar-refractivity contribution in [1.29, 1.82) is 0 Å². The number of piperidine rings is 1. The molecule has 1 aromatic rings. The lowest BCUT2D eigenvalue weighted by molar-refractivity contribution is 0.180. The van der Waals surface area contributed by atoms with E-state index in [0.29, 0.717) is 11.1 Å². The molecule has 0 amide bonds. The molecule has 1 saturated heterocycles. The summed E-state index contributed by atoms with van der Waals surface area (Å²) >= 11 is 5.99. The summed E-state index contributed by atoms with van der Waals surface area (Å²) in [6.07, 6.45) is 7.13. The summed E-state index contributed by atoms with van der Waals surface area (Å²) in [5.41, 5.74) is 0. The molecule has 1 fully saturated rings. The van der Waals surface area contributed by atoms with Gasteiger partial charge in [0.25, 0.3) is 0 Å². The lowest BCUT2D eigenvalue weighted by Crippen LogP contribution is -2.41. The third-order valence-electron chi connectivity index (χ3n) is 3.25. The molecule has 0 radical (unpaired) electrons. The van der Waals surface area contributed by atoms with Crippen LogP contribution in [0.3, 0.4) is 0 Å². The summed E-state index contributed by atoms with van der Waals surface area (Å²) in [5.74, 6) is 0.727. The van der Waals surface area contributed by atoms with E-state index in [1.54, 1.807) is 6.20 Å². The van der Waals surface area contributed by atoms with Crippen LogP contribution in [0.4, 0.5) is 5.82 Å². The average molecular weight is 255 g/mol. The van der Waals surface area contributed by atoms with Crippen LogP contribution in [0, 0.1) is 0 Å². The van der Waals surface area contributed by atoms with Gasteiger partial charge in [-0.15, -0.1) is 0 Å². The SMILES string of the molecule is CC(CNc1ncncc1Cl)N1CCCCC1. The van der Waals surface area contributed by atoms with Crippen molar-refractivity contribution < 1.29 is 0 Å². The number of anilines is 1. The Morgan fingerprint density at radius 1 is 1.41 bits per heavy atom. The van der Waals surface area contributed by atoms with Gasteiger partial charge in [0.2, 0.25) is 0 Å². The van der Waals surface area contributed by atoms with Crippen molar-refractivity contribution in [3.05, 3.63) is 17.5 Å². The lowest BCUT2D eigenvalue weighted by Gasteiger charge is -2.32. The second-order valence-corrected chi connectivity index (χ2v) is 4.95. The molecule has 5 heteroatoms. The summed E-state index contributed by atoms with van der Waals surface area (Å²) in [5, 5.41) is 3.87. The van der Waals surface area contributed by atoms with E-state index in [1.807, 2.05) is 0 Å². The van der Waals surface area contributed by atoms with Crippen LogP contribution in [0.5, 0.6) is 0 Å². The number of nitrogens with zero attached hydrogens (tertiary/aromatic N) is 3. The molecule has 2 heterocycles. The average Bonchev–Trinajstić information content (AvgIpc) is 2.38. The van der Waals surface area contributed by atoms with E-state index in [2.05, 4.69) is 27.1 Å². The van der Waals surface area contributed by atoms with Crippen LogP contribution in [0.25, 0.3) is 0 Å². The summed E-state index contributed by atoms with van der Waals surface area (Å²) in [7, 11) is 0. The van der Waals surface area contributed by atoms with Gasteiger partial charge >= 0.3 is 0 Å². The molecule has 2 rings (SSSR count). The van der Waals surface area contributed by atoms with Gasteiger partial charge in [-0.25, -0.2) is 9.97 Å². The Labute approximate surface area is 107 Å². The molecule has 1 aromatic heterocycles. The zero-order valence-corrected chi connectivity index (χ0v) is 11.0. The topological polar surface area (TPSA) is 41.1 Å². The van der Waals surface area contributed by atoms with E-state index in [1.165, 1.54) is 38.7 Å². The molecule has 94 valence electrons. The first-order valence-corrected chi connectivity index (χ1v) is 6.58. The van der Waals surface area contributed by atoms with Crippen molar-refractivity contribution in [2.45, 2.75) is 32.2 Å². The van der Waals surface area contributed by atoms with Gasteiger partial charge in [-0.3, -0.25) is 4.90 Å². The molecule has 1 atom stereocenters. The fourth-order valence-corrected chi connectivity index (χ4v) is 2.35. The van der Waals surface area contributed by atoms with Crippen LogP contribution in [0.15, 0.2) is 12.5 Å². The molecule has 0 bridgehead atoms. The normalized spacial score (nSPS) is 18.9. The van der Waals surface area contributed by atoms with Crippen LogP contribution < -0.4 is 5.32 Å². The molecule has 1 aliphatic heterocycles. The smallest absolute Gasteiger partial charge is 0.148 e. The Morgan fingerprint density at radius 2 is 2.18 bits per heavy atom. The molecule has 0 aliphatic carbocycles. The Morgan fingerprint density at radius 3 is 2.88 bits per heavy atom. The third kappa shape index (κ3) is 3.54. The van der Waals surface area contributed by atoms with Gasteiger partial charge in [0.1, 0.15) is 17.2 Å². The predicted molar refractivity (Wildman–Crippen MR) is 70.4 cm³/mol. The van der Waals surface area contributed by atoms with Crippen molar-refractivity contribution in [2.75, 3.05) is 25.0 Å². The van der Waals surface area contributed by atoms with E-state index in [0.717, 1.165) is 12.4 Å². The summed E-state index contributed by atoms with van der Waals surface area (Å²) < 4.78 is 0. The highest BCUT2D eigenvalue weighted by atomic mass is 35.5. The minimum absolute atomic E-state index is 0.515. The third-order valence-corrected chi connectivity index (χ3v) is 3.52. The Balaban J connectivity index is 1.83. The van der Waals surface area contributed by atoms with Crippen molar-refractivity contribution in [2.24, 2.45) is 0 Å². The highest BCUT2D eigenvalue weighted by molar-refractivity contribution is 6.32. The van der Waals surface area contributed by atoms with Crippen LogP contribution in [0.2, 0.25) is 5.02 Å². The van der Waals surface area contributed by atoms with Gasteiger partial charge in [0.15, 0.2) is 0 Å². The highest BCUT2D eigenvalue weighted by Crippen LogP contribution is 2.17. The van der Waals surface area contributed by atoms with Crippen LogP contribution in [0.1, 0.15) is 26.2 Å². The van der Waals surface area contributed by atoms with Crippen LogP contribution >= 0.6 is 11.6 Å². The standard InChI is InChI=1S/C12H19ClN4/c1-10(17-5-3-2-4-6-17)7-15-12-11(13)8-14-9-16-12/h8-10H,2-7H2,1H3,(H,14,15,16). The van der Waals surface area contributed by atoms with Gasteiger partial charge in [0, 0.05) is 12.6 Å². The van der Waals surface area contributed by atoms with E-state index < -0.39 is 0 Å². The molecular formula is C12H19ClN4. The van der Waals surface area contributed by atoms with Crippen molar-refractivity contribution in [3.63, 3.8) is 0 Å². The van der Waals surface area contributed by atoms with E-state index in [-0.39, 0.29) is 0 Å². The van der Waals surface area contributed by atoms with Crippen molar-refractivity contribution >= 4 is 17.4 Å². The fourth-order valence-electron chi connectivity index (χ4n) is 2.18. The number of hydrogen-bond donors (Lipinski definition) is 1. The Bertz CT molecular complexity index is 352. The number of likely N-dealkylation sites (tertiary alicyclic amines) is 1. The molecule has 0 spiro atoms. The maximum absolute atomic E-state index is 5.99. The first-order valence-electron chi connectivity index (χ1n) is 6.21. The summed E-state index contributed by atoms with van der Waals surface area (Å²) in [6, 6.07) is 0.515. The van der Waals surface area contributed by atoms with E-state index in [9.17, 15) is 0 Å². The van der Waals surface area contributed by atoms with Gasteiger partial charge in [-0.1, -0.05) is 18.0 Å². The monoisotopic (exact) mass is 254 g/mol. The van der Waals surface area contributed by atoms with E-state index >= 15 is 0 Å². The largest absolute Gasteiger partial charge is 0.367 e. The lowest BCUT2D eigenvalue weighted by atomic mass is 10.1.